The zero-order chi connectivity index (χ0) is 20.8. The molecule has 0 radical (unpaired) electrons. The van der Waals surface area contributed by atoms with Gasteiger partial charge >= 0.3 is 0 Å². The highest BCUT2D eigenvalue weighted by atomic mass is 16.2. The van der Waals surface area contributed by atoms with Gasteiger partial charge in [0, 0.05) is 42.0 Å². The molecule has 30 heavy (non-hydrogen) atoms. The standard InChI is InChI=1S/C24H20N4O2/c29-23(18-6-2-1-3-7-18)26-14-15-27-24(30)20-16-22(17-10-12-25-13-11-17)28-21-9-5-4-8-19(20)21/h1-13,16H,14-15H2,(H,26,29)(H,27,30). The number of benzene rings is 2. The highest BCUT2D eigenvalue weighted by Crippen LogP contribution is 2.24. The molecule has 2 aromatic heterocycles. The molecule has 0 saturated carbocycles. The molecule has 2 heterocycles. The van der Waals surface area contributed by atoms with Crippen LogP contribution < -0.4 is 10.6 Å². The Morgan fingerprint density at radius 1 is 0.767 bits per heavy atom. The van der Waals surface area contributed by atoms with Crippen LogP contribution in [0.2, 0.25) is 0 Å². The third-order valence-corrected chi connectivity index (χ3v) is 4.67. The molecule has 0 bridgehead atoms. The molecule has 0 unspecified atom stereocenters. The van der Waals surface area contributed by atoms with Gasteiger partial charge in [0.25, 0.3) is 11.8 Å². The largest absolute Gasteiger partial charge is 0.350 e. The van der Waals surface area contributed by atoms with Crippen molar-refractivity contribution in [3.05, 3.63) is 96.3 Å². The van der Waals surface area contributed by atoms with Gasteiger partial charge < -0.3 is 10.6 Å². The Hall–Kier alpha value is -4.06. The molecule has 2 aromatic carbocycles. The van der Waals surface area contributed by atoms with Crippen LogP contribution in [0.1, 0.15) is 20.7 Å². The SMILES string of the molecule is O=C(NCCNC(=O)c1cc(-c2ccncc2)nc2ccccc12)c1ccccc1. The maximum atomic E-state index is 12.9. The molecule has 4 aromatic rings. The smallest absolute Gasteiger partial charge is 0.252 e. The van der Waals surface area contributed by atoms with Gasteiger partial charge in [-0.3, -0.25) is 14.6 Å². The van der Waals surface area contributed by atoms with E-state index in [1.165, 1.54) is 0 Å². The van der Waals surface area contributed by atoms with Gasteiger partial charge in [-0.1, -0.05) is 36.4 Å². The third-order valence-electron chi connectivity index (χ3n) is 4.67. The number of pyridine rings is 2. The van der Waals surface area contributed by atoms with Crippen molar-refractivity contribution < 1.29 is 9.59 Å². The summed E-state index contributed by atoms with van der Waals surface area (Å²) in [5, 5.41) is 6.47. The fraction of sp³-hybridized carbons (Fsp3) is 0.0833. The summed E-state index contributed by atoms with van der Waals surface area (Å²) in [5.74, 6) is -0.378. The summed E-state index contributed by atoms with van der Waals surface area (Å²) in [6.07, 6.45) is 3.39. The highest BCUT2D eigenvalue weighted by molar-refractivity contribution is 6.07. The molecule has 0 aliphatic heterocycles. The first-order valence-corrected chi connectivity index (χ1v) is 9.64. The second-order valence-corrected chi connectivity index (χ2v) is 6.69. The summed E-state index contributed by atoms with van der Waals surface area (Å²) in [5.41, 5.74) is 3.47. The molecule has 6 heteroatoms. The average molecular weight is 396 g/mol. The van der Waals surface area contributed by atoms with Crippen LogP contribution in [0.25, 0.3) is 22.2 Å². The van der Waals surface area contributed by atoms with E-state index in [2.05, 4.69) is 20.6 Å². The molecule has 6 nitrogen and oxygen atoms in total. The number of rotatable bonds is 6. The van der Waals surface area contributed by atoms with Gasteiger partial charge in [0.1, 0.15) is 0 Å². The normalized spacial score (nSPS) is 10.5. The molecule has 0 spiro atoms. The van der Waals surface area contributed by atoms with E-state index < -0.39 is 0 Å². The monoisotopic (exact) mass is 396 g/mol. The lowest BCUT2D eigenvalue weighted by molar-refractivity contribution is 0.0928. The van der Waals surface area contributed by atoms with Crippen LogP contribution >= 0.6 is 0 Å². The van der Waals surface area contributed by atoms with E-state index in [9.17, 15) is 9.59 Å². The van der Waals surface area contributed by atoms with Gasteiger partial charge in [0.05, 0.1) is 16.8 Å². The van der Waals surface area contributed by atoms with Crippen LogP contribution in [-0.2, 0) is 0 Å². The maximum absolute atomic E-state index is 12.9. The molecule has 0 atom stereocenters. The van der Waals surface area contributed by atoms with Crippen molar-refractivity contribution in [2.24, 2.45) is 0 Å². The van der Waals surface area contributed by atoms with Crippen LogP contribution in [0.4, 0.5) is 0 Å². The first-order chi connectivity index (χ1) is 14.7. The molecule has 0 aliphatic carbocycles. The summed E-state index contributed by atoms with van der Waals surface area (Å²) in [6, 6.07) is 22.0. The zero-order valence-electron chi connectivity index (χ0n) is 16.2. The molecular weight excluding hydrogens is 376 g/mol. The van der Waals surface area contributed by atoms with Crippen LogP contribution in [0.5, 0.6) is 0 Å². The van der Waals surface area contributed by atoms with Crippen molar-refractivity contribution in [3.63, 3.8) is 0 Å². The van der Waals surface area contributed by atoms with E-state index in [4.69, 9.17) is 0 Å². The third kappa shape index (κ3) is 4.33. The first kappa shape index (κ1) is 19.3. The van der Waals surface area contributed by atoms with Crippen LogP contribution in [0, 0.1) is 0 Å². The summed E-state index contributed by atoms with van der Waals surface area (Å²) in [4.78, 5) is 33.7. The molecule has 0 saturated heterocycles. The van der Waals surface area contributed by atoms with Crippen molar-refractivity contribution in [1.29, 1.82) is 0 Å². The number of para-hydroxylation sites is 1. The quantitative estimate of drug-likeness (QED) is 0.489. The lowest BCUT2D eigenvalue weighted by atomic mass is 10.0. The lowest BCUT2D eigenvalue weighted by Crippen LogP contribution is -2.34. The van der Waals surface area contributed by atoms with E-state index in [0.29, 0.717) is 29.9 Å². The van der Waals surface area contributed by atoms with Crippen LogP contribution in [0.3, 0.4) is 0 Å². The number of carbonyl (C=O) groups excluding carboxylic acids is 2. The van der Waals surface area contributed by atoms with E-state index in [-0.39, 0.29) is 11.8 Å². The zero-order valence-corrected chi connectivity index (χ0v) is 16.2. The number of hydrogen-bond acceptors (Lipinski definition) is 4. The summed E-state index contributed by atoms with van der Waals surface area (Å²) >= 11 is 0. The molecule has 2 N–H and O–H groups in total. The van der Waals surface area contributed by atoms with Gasteiger partial charge in [-0.2, -0.15) is 0 Å². The Kier molecular flexibility index (Phi) is 5.75. The second-order valence-electron chi connectivity index (χ2n) is 6.69. The number of nitrogens with zero attached hydrogens (tertiary/aromatic N) is 2. The van der Waals surface area contributed by atoms with Gasteiger partial charge in [0.15, 0.2) is 0 Å². The summed E-state index contributed by atoms with van der Waals surface area (Å²) in [6.45, 7) is 0.651. The van der Waals surface area contributed by atoms with Crippen molar-refractivity contribution >= 4 is 22.7 Å². The van der Waals surface area contributed by atoms with Crippen LogP contribution in [-0.4, -0.2) is 34.9 Å². The molecule has 0 aliphatic rings. The lowest BCUT2D eigenvalue weighted by Gasteiger charge is -2.11. The Labute approximate surface area is 174 Å². The number of amides is 2. The predicted molar refractivity (Wildman–Crippen MR) is 116 cm³/mol. The summed E-state index contributed by atoms with van der Waals surface area (Å²) in [7, 11) is 0. The molecule has 148 valence electrons. The van der Waals surface area contributed by atoms with Crippen molar-refractivity contribution in [2.45, 2.75) is 0 Å². The first-order valence-electron chi connectivity index (χ1n) is 9.64. The fourth-order valence-electron chi connectivity index (χ4n) is 3.17. The average Bonchev–Trinajstić information content (AvgIpc) is 2.82. The molecule has 0 fully saturated rings. The van der Waals surface area contributed by atoms with E-state index in [1.54, 1.807) is 30.6 Å². The maximum Gasteiger partial charge on any atom is 0.252 e. The summed E-state index contributed by atoms with van der Waals surface area (Å²) < 4.78 is 0. The second kappa shape index (κ2) is 8.96. The minimum atomic E-state index is -0.210. The van der Waals surface area contributed by atoms with Gasteiger partial charge in [-0.25, -0.2) is 4.98 Å². The molecule has 4 rings (SSSR count). The van der Waals surface area contributed by atoms with Gasteiger partial charge in [-0.05, 0) is 36.4 Å². The Morgan fingerprint density at radius 3 is 2.20 bits per heavy atom. The minimum absolute atomic E-state index is 0.167. The van der Waals surface area contributed by atoms with Crippen molar-refractivity contribution in [2.75, 3.05) is 13.1 Å². The number of nitrogens with one attached hydrogen (secondary N) is 2. The Balaban J connectivity index is 1.48. The number of aromatic nitrogens is 2. The minimum Gasteiger partial charge on any atom is -0.350 e. The van der Waals surface area contributed by atoms with Crippen molar-refractivity contribution in [3.8, 4) is 11.3 Å². The Bertz CT molecular complexity index is 1180. The van der Waals surface area contributed by atoms with Gasteiger partial charge in [-0.15, -0.1) is 0 Å². The Morgan fingerprint density at radius 2 is 1.43 bits per heavy atom. The topological polar surface area (TPSA) is 84.0 Å². The fourth-order valence-corrected chi connectivity index (χ4v) is 3.17. The van der Waals surface area contributed by atoms with Crippen LogP contribution in [0.15, 0.2) is 85.2 Å². The highest BCUT2D eigenvalue weighted by Gasteiger charge is 2.14. The number of fused-ring (bicyclic) bond motifs is 1. The predicted octanol–water partition coefficient (Wildman–Crippen LogP) is 3.46. The van der Waals surface area contributed by atoms with Crippen molar-refractivity contribution in [1.82, 2.24) is 20.6 Å². The number of hydrogen-bond donors (Lipinski definition) is 2. The van der Waals surface area contributed by atoms with Gasteiger partial charge in [0.2, 0.25) is 0 Å². The van der Waals surface area contributed by atoms with E-state index in [0.717, 1.165) is 16.5 Å². The molecule has 2 amide bonds. The van der Waals surface area contributed by atoms with E-state index >= 15 is 0 Å². The molecular formula is C24H20N4O2. The number of carbonyl (C=O) groups is 2. The van der Waals surface area contributed by atoms with E-state index in [1.807, 2.05) is 54.6 Å².